The number of fused-ring (bicyclic) bond motifs is 1. The summed E-state index contributed by atoms with van der Waals surface area (Å²) >= 11 is 0. The second kappa shape index (κ2) is 6.79. The summed E-state index contributed by atoms with van der Waals surface area (Å²) in [6.07, 6.45) is 2.21. The van der Waals surface area contributed by atoms with Crippen molar-refractivity contribution < 1.29 is 23.5 Å². The zero-order valence-electron chi connectivity index (χ0n) is 14.7. The largest absolute Gasteiger partial charge is 0.479 e. The average molecular weight is 369 g/mol. The number of carbonyl (C=O) groups excluding carboxylic acids is 3. The lowest BCUT2D eigenvalue weighted by molar-refractivity contribution is -0.122. The molecule has 0 bridgehead atoms. The summed E-state index contributed by atoms with van der Waals surface area (Å²) in [5.74, 6) is -0.0356. The Balaban J connectivity index is 1.48. The fourth-order valence-corrected chi connectivity index (χ4v) is 3.34. The highest BCUT2D eigenvalue weighted by Gasteiger charge is 2.35. The summed E-state index contributed by atoms with van der Waals surface area (Å²) in [7, 11) is 0. The second-order valence-electron chi connectivity index (χ2n) is 6.58. The second-order valence-corrected chi connectivity index (χ2v) is 6.58. The van der Waals surface area contributed by atoms with E-state index in [4.69, 9.17) is 9.15 Å². The lowest BCUT2D eigenvalue weighted by atomic mass is 10.1. The molecule has 8 nitrogen and oxygen atoms in total. The maximum atomic E-state index is 12.7. The molecule has 1 fully saturated rings. The molecule has 8 heteroatoms. The predicted molar refractivity (Wildman–Crippen MR) is 96.6 cm³/mol. The molecule has 4 rings (SSSR count). The number of carbonyl (C=O) groups is 3. The summed E-state index contributed by atoms with van der Waals surface area (Å²) < 4.78 is 10.7. The van der Waals surface area contributed by atoms with E-state index in [0.29, 0.717) is 30.1 Å². The SMILES string of the molecule is CC1Oc2ccc(NC(=O)C3CCCN3C(=O)c3ccco3)cc2NC1=O. The number of ether oxygens (including phenoxy) is 1. The molecule has 2 atom stereocenters. The van der Waals surface area contributed by atoms with Gasteiger partial charge in [0.1, 0.15) is 11.8 Å². The molecule has 2 unspecified atom stereocenters. The Kier molecular flexibility index (Phi) is 4.31. The Bertz CT molecular complexity index is 893. The van der Waals surface area contributed by atoms with Crippen molar-refractivity contribution in [1.29, 1.82) is 0 Å². The van der Waals surface area contributed by atoms with E-state index < -0.39 is 12.1 Å². The highest BCUT2D eigenvalue weighted by atomic mass is 16.5. The van der Waals surface area contributed by atoms with Gasteiger partial charge in [0.05, 0.1) is 12.0 Å². The molecular formula is C19H19N3O5. The topological polar surface area (TPSA) is 101 Å². The molecule has 2 aliphatic heterocycles. The van der Waals surface area contributed by atoms with Gasteiger partial charge in [-0.3, -0.25) is 14.4 Å². The summed E-state index contributed by atoms with van der Waals surface area (Å²) in [5, 5.41) is 5.57. The molecule has 2 aromatic rings. The van der Waals surface area contributed by atoms with Crippen molar-refractivity contribution in [2.45, 2.75) is 31.9 Å². The van der Waals surface area contributed by atoms with Gasteiger partial charge >= 0.3 is 0 Å². The van der Waals surface area contributed by atoms with Gasteiger partial charge in [-0.2, -0.15) is 0 Å². The van der Waals surface area contributed by atoms with E-state index in [2.05, 4.69) is 10.6 Å². The number of nitrogens with zero attached hydrogens (tertiary/aromatic N) is 1. The molecule has 1 aromatic carbocycles. The van der Waals surface area contributed by atoms with Crippen molar-refractivity contribution in [3.63, 3.8) is 0 Å². The van der Waals surface area contributed by atoms with Gasteiger partial charge in [0, 0.05) is 12.2 Å². The highest BCUT2D eigenvalue weighted by Crippen LogP contribution is 2.32. The van der Waals surface area contributed by atoms with E-state index >= 15 is 0 Å². The van der Waals surface area contributed by atoms with Gasteiger partial charge in [-0.1, -0.05) is 0 Å². The number of anilines is 2. The number of nitrogens with one attached hydrogen (secondary N) is 2. The zero-order valence-corrected chi connectivity index (χ0v) is 14.7. The molecular weight excluding hydrogens is 350 g/mol. The maximum Gasteiger partial charge on any atom is 0.290 e. The molecule has 3 amide bonds. The van der Waals surface area contributed by atoms with Gasteiger partial charge < -0.3 is 24.7 Å². The van der Waals surface area contributed by atoms with Crippen LogP contribution in [0.1, 0.15) is 30.3 Å². The lowest BCUT2D eigenvalue weighted by Gasteiger charge is -2.25. The van der Waals surface area contributed by atoms with Gasteiger partial charge in [0.25, 0.3) is 11.8 Å². The number of benzene rings is 1. The van der Waals surface area contributed by atoms with E-state index in [-0.39, 0.29) is 23.5 Å². The Morgan fingerprint density at radius 2 is 2.15 bits per heavy atom. The molecule has 140 valence electrons. The fourth-order valence-electron chi connectivity index (χ4n) is 3.34. The monoisotopic (exact) mass is 369 g/mol. The highest BCUT2D eigenvalue weighted by molar-refractivity contribution is 6.02. The minimum Gasteiger partial charge on any atom is -0.479 e. The number of hydrogen-bond acceptors (Lipinski definition) is 5. The Hall–Kier alpha value is -3.29. The Morgan fingerprint density at radius 1 is 1.30 bits per heavy atom. The van der Waals surface area contributed by atoms with Crippen LogP contribution in [0.25, 0.3) is 0 Å². The average Bonchev–Trinajstić information content (AvgIpc) is 3.34. The third kappa shape index (κ3) is 3.25. The van der Waals surface area contributed by atoms with Crippen LogP contribution in [0, 0.1) is 0 Å². The summed E-state index contributed by atoms with van der Waals surface area (Å²) in [6.45, 7) is 2.17. The van der Waals surface area contributed by atoms with Crippen LogP contribution in [0.2, 0.25) is 0 Å². The normalized spacial score (nSPS) is 21.2. The molecule has 1 saturated heterocycles. The van der Waals surface area contributed by atoms with Crippen LogP contribution in [0.4, 0.5) is 11.4 Å². The van der Waals surface area contributed by atoms with E-state index in [1.807, 2.05) is 0 Å². The summed E-state index contributed by atoms with van der Waals surface area (Å²) in [5.41, 5.74) is 1.03. The van der Waals surface area contributed by atoms with Crippen molar-refractivity contribution in [3.05, 3.63) is 42.4 Å². The predicted octanol–water partition coefficient (Wildman–Crippen LogP) is 2.24. The van der Waals surface area contributed by atoms with Crippen LogP contribution in [-0.2, 0) is 9.59 Å². The summed E-state index contributed by atoms with van der Waals surface area (Å²) in [4.78, 5) is 38.5. The molecule has 0 aliphatic carbocycles. The third-order valence-corrected chi connectivity index (χ3v) is 4.73. The summed E-state index contributed by atoms with van der Waals surface area (Å²) in [6, 6.07) is 7.70. The smallest absolute Gasteiger partial charge is 0.290 e. The van der Waals surface area contributed by atoms with Crippen LogP contribution < -0.4 is 15.4 Å². The van der Waals surface area contributed by atoms with Crippen LogP contribution in [-0.4, -0.2) is 41.3 Å². The van der Waals surface area contributed by atoms with Crippen molar-refractivity contribution in [1.82, 2.24) is 4.90 Å². The Morgan fingerprint density at radius 3 is 2.93 bits per heavy atom. The first-order chi connectivity index (χ1) is 13.0. The number of amides is 3. The van der Waals surface area contributed by atoms with Crippen molar-refractivity contribution in [3.8, 4) is 5.75 Å². The van der Waals surface area contributed by atoms with E-state index in [1.54, 1.807) is 37.3 Å². The quantitative estimate of drug-likeness (QED) is 0.864. The van der Waals surface area contributed by atoms with Gasteiger partial charge in [-0.05, 0) is 50.1 Å². The molecule has 0 radical (unpaired) electrons. The van der Waals surface area contributed by atoms with E-state index in [1.165, 1.54) is 11.2 Å². The molecule has 3 heterocycles. The molecule has 27 heavy (non-hydrogen) atoms. The molecule has 1 aromatic heterocycles. The first-order valence-electron chi connectivity index (χ1n) is 8.80. The minimum atomic E-state index is -0.565. The van der Waals surface area contributed by atoms with Crippen molar-refractivity contribution >= 4 is 29.1 Å². The molecule has 0 saturated carbocycles. The molecule has 2 N–H and O–H groups in total. The molecule has 2 aliphatic rings. The first kappa shape index (κ1) is 17.1. The van der Waals surface area contributed by atoms with Gasteiger partial charge in [0.15, 0.2) is 11.9 Å². The van der Waals surface area contributed by atoms with Crippen LogP contribution >= 0.6 is 0 Å². The molecule has 0 spiro atoms. The first-order valence-corrected chi connectivity index (χ1v) is 8.80. The van der Waals surface area contributed by atoms with Crippen LogP contribution in [0.5, 0.6) is 5.75 Å². The van der Waals surface area contributed by atoms with Crippen molar-refractivity contribution in [2.24, 2.45) is 0 Å². The standard InChI is InChI=1S/C19H19N3O5/c1-11-17(23)21-13-10-12(6-7-15(13)27-11)20-18(24)14-4-2-8-22(14)19(25)16-5-3-9-26-16/h3,5-7,9-11,14H,2,4,8H2,1H3,(H,20,24)(H,21,23). The number of likely N-dealkylation sites (tertiary alicyclic amines) is 1. The maximum absolute atomic E-state index is 12.7. The van der Waals surface area contributed by atoms with Crippen LogP contribution in [0.3, 0.4) is 0 Å². The third-order valence-electron chi connectivity index (χ3n) is 4.73. The lowest BCUT2D eigenvalue weighted by Crippen LogP contribution is -2.43. The van der Waals surface area contributed by atoms with Crippen LogP contribution in [0.15, 0.2) is 41.0 Å². The van der Waals surface area contributed by atoms with Gasteiger partial charge in [-0.15, -0.1) is 0 Å². The van der Waals surface area contributed by atoms with Gasteiger partial charge in [0.2, 0.25) is 5.91 Å². The Labute approximate surface area is 155 Å². The fraction of sp³-hybridized carbons (Fsp3) is 0.316. The van der Waals surface area contributed by atoms with E-state index in [0.717, 1.165) is 6.42 Å². The van der Waals surface area contributed by atoms with Crippen molar-refractivity contribution in [2.75, 3.05) is 17.2 Å². The zero-order chi connectivity index (χ0) is 19.0. The minimum absolute atomic E-state index is 0.220. The van der Waals surface area contributed by atoms with Gasteiger partial charge in [-0.25, -0.2) is 0 Å². The number of furan rings is 1. The number of hydrogen-bond donors (Lipinski definition) is 2. The number of rotatable bonds is 3. The van der Waals surface area contributed by atoms with E-state index in [9.17, 15) is 14.4 Å².